The first-order chi connectivity index (χ1) is 4.33. The fourth-order valence-corrected chi connectivity index (χ4v) is 2.15. The van der Waals surface area contributed by atoms with Crippen LogP contribution in [0.5, 0.6) is 0 Å². The molecule has 0 amide bonds. The summed E-state index contributed by atoms with van der Waals surface area (Å²) >= 11 is 3.62. The maximum Gasteiger partial charge on any atom is 0.0897 e. The monoisotopic (exact) mass is 159 g/mol. The van der Waals surface area contributed by atoms with E-state index in [-0.39, 0.29) is 0 Å². The topological polar surface area (TPSA) is 12.9 Å². The summed E-state index contributed by atoms with van der Waals surface area (Å²) in [4.78, 5) is 5.52. The van der Waals surface area contributed by atoms with Crippen molar-refractivity contribution >= 4 is 23.1 Å². The lowest BCUT2D eigenvalue weighted by Gasteiger charge is -1.85. The molecule has 9 heavy (non-hydrogen) atoms. The Balaban J connectivity index is 2.61. The van der Waals surface area contributed by atoms with Gasteiger partial charge in [-0.05, 0) is 13.2 Å². The highest BCUT2D eigenvalue weighted by Crippen LogP contribution is 2.16. The van der Waals surface area contributed by atoms with Crippen LogP contribution in [0.4, 0.5) is 0 Å². The Morgan fingerprint density at radius 3 is 3.00 bits per heavy atom. The summed E-state index contributed by atoms with van der Waals surface area (Å²) in [5.41, 5.74) is 0. The van der Waals surface area contributed by atoms with Gasteiger partial charge in [0.15, 0.2) is 0 Å². The van der Waals surface area contributed by atoms with E-state index in [0.29, 0.717) is 0 Å². The molecule has 0 aliphatic carbocycles. The molecule has 0 unspecified atom stereocenters. The standard InChI is InChI=1S/C6H9NS2/c1-5-7-3-6(9-5)4-8-2/h3H,4H2,1-2H3. The van der Waals surface area contributed by atoms with E-state index in [2.05, 4.69) is 11.2 Å². The molecule has 1 rings (SSSR count). The van der Waals surface area contributed by atoms with Crippen molar-refractivity contribution in [1.82, 2.24) is 4.98 Å². The number of aryl methyl sites for hydroxylation is 1. The molecule has 1 aromatic rings. The van der Waals surface area contributed by atoms with Gasteiger partial charge in [-0.2, -0.15) is 11.8 Å². The number of aromatic nitrogens is 1. The van der Waals surface area contributed by atoms with Gasteiger partial charge in [-0.25, -0.2) is 4.98 Å². The molecule has 0 N–H and O–H groups in total. The minimum atomic E-state index is 1.10. The molecule has 3 heteroatoms. The molecule has 0 aromatic carbocycles. The number of hydrogen-bond donors (Lipinski definition) is 0. The van der Waals surface area contributed by atoms with E-state index in [4.69, 9.17) is 0 Å². The molecule has 1 aromatic heterocycles. The van der Waals surface area contributed by atoms with Gasteiger partial charge in [0.2, 0.25) is 0 Å². The molecule has 0 saturated heterocycles. The summed E-state index contributed by atoms with van der Waals surface area (Å²) in [6.07, 6.45) is 4.06. The molecule has 0 radical (unpaired) electrons. The molecule has 0 aliphatic heterocycles. The van der Waals surface area contributed by atoms with E-state index in [1.165, 1.54) is 9.88 Å². The minimum Gasteiger partial charge on any atom is -0.250 e. The van der Waals surface area contributed by atoms with E-state index in [1.54, 1.807) is 11.3 Å². The van der Waals surface area contributed by atoms with Gasteiger partial charge in [-0.3, -0.25) is 0 Å². The molecular formula is C6H9NS2. The van der Waals surface area contributed by atoms with Crippen LogP contribution in [0.15, 0.2) is 6.20 Å². The van der Waals surface area contributed by atoms with Crippen LogP contribution in [0.1, 0.15) is 9.88 Å². The molecule has 0 fully saturated rings. The summed E-state index contributed by atoms with van der Waals surface area (Å²) in [5, 5.41) is 1.17. The Labute approximate surface area is 63.5 Å². The lowest BCUT2D eigenvalue weighted by molar-refractivity contribution is 1.28. The molecule has 0 spiro atoms. The molecular weight excluding hydrogens is 150 g/mol. The normalized spacial score (nSPS) is 10.0. The Bertz CT molecular complexity index is 183. The summed E-state index contributed by atoms with van der Waals surface area (Å²) in [5.74, 6) is 1.10. The van der Waals surface area contributed by atoms with E-state index in [9.17, 15) is 0 Å². The van der Waals surface area contributed by atoms with Gasteiger partial charge in [0.1, 0.15) is 0 Å². The van der Waals surface area contributed by atoms with Crippen molar-refractivity contribution in [3.8, 4) is 0 Å². The molecule has 1 heterocycles. The molecule has 0 atom stereocenters. The summed E-state index contributed by atoms with van der Waals surface area (Å²) in [6, 6.07) is 0. The quantitative estimate of drug-likeness (QED) is 0.657. The highest BCUT2D eigenvalue weighted by molar-refractivity contribution is 7.97. The third kappa shape index (κ3) is 1.99. The number of thioether (sulfide) groups is 1. The van der Waals surface area contributed by atoms with E-state index >= 15 is 0 Å². The lowest BCUT2D eigenvalue weighted by atomic mass is 10.6. The van der Waals surface area contributed by atoms with Crippen molar-refractivity contribution in [2.24, 2.45) is 0 Å². The average molecular weight is 159 g/mol. The highest BCUT2D eigenvalue weighted by atomic mass is 32.2. The van der Waals surface area contributed by atoms with Crippen molar-refractivity contribution in [3.63, 3.8) is 0 Å². The summed E-state index contributed by atoms with van der Waals surface area (Å²) in [7, 11) is 0. The van der Waals surface area contributed by atoms with Crippen molar-refractivity contribution < 1.29 is 0 Å². The van der Waals surface area contributed by atoms with Crippen LogP contribution in [0.2, 0.25) is 0 Å². The summed E-state index contributed by atoms with van der Waals surface area (Å²) in [6.45, 7) is 2.04. The Morgan fingerprint density at radius 1 is 1.78 bits per heavy atom. The molecule has 0 aliphatic rings. The molecule has 0 bridgehead atoms. The van der Waals surface area contributed by atoms with Crippen LogP contribution in [0.25, 0.3) is 0 Å². The van der Waals surface area contributed by atoms with E-state index in [1.807, 2.05) is 24.9 Å². The van der Waals surface area contributed by atoms with Crippen molar-refractivity contribution in [2.45, 2.75) is 12.7 Å². The largest absolute Gasteiger partial charge is 0.250 e. The third-order valence-electron chi connectivity index (χ3n) is 0.956. The fourth-order valence-electron chi connectivity index (χ4n) is 0.614. The van der Waals surface area contributed by atoms with E-state index in [0.717, 1.165) is 5.75 Å². The van der Waals surface area contributed by atoms with Crippen LogP contribution < -0.4 is 0 Å². The summed E-state index contributed by atoms with van der Waals surface area (Å²) < 4.78 is 0. The molecule has 0 saturated carbocycles. The zero-order valence-corrected chi connectivity index (χ0v) is 7.18. The zero-order valence-electron chi connectivity index (χ0n) is 5.55. The number of rotatable bonds is 2. The SMILES string of the molecule is CSCc1cnc(C)s1. The van der Waals surface area contributed by atoms with Gasteiger partial charge in [0.25, 0.3) is 0 Å². The van der Waals surface area contributed by atoms with Crippen molar-refractivity contribution in [1.29, 1.82) is 0 Å². The number of hydrogen-bond acceptors (Lipinski definition) is 3. The predicted molar refractivity (Wildman–Crippen MR) is 44.1 cm³/mol. The second kappa shape index (κ2) is 3.22. The second-order valence-electron chi connectivity index (χ2n) is 1.78. The van der Waals surface area contributed by atoms with Gasteiger partial charge in [0, 0.05) is 16.8 Å². The zero-order chi connectivity index (χ0) is 6.69. The van der Waals surface area contributed by atoms with Crippen LogP contribution in [0, 0.1) is 6.92 Å². The molecule has 50 valence electrons. The number of nitrogens with zero attached hydrogens (tertiary/aromatic N) is 1. The Hall–Kier alpha value is -0.0200. The van der Waals surface area contributed by atoms with Crippen molar-refractivity contribution in [3.05, 3.63) is 16.1 Å². The average Bonchev–Trinajstić information content (AvgIpc) is 2.17. The van der Waals surface area contributed by atoms with Gasteiger partial charge in [-0.15, -0.1) is 11.3 Å². The van der Waals surface area contributed by atoms with Gasteiger partial charge in [-0.1, -0.05) is 0 Å². The van der Waals surface area contributed by atoms with Crippen LogP contribution in [0.3, 0.4) is 0 Å². The van der Waals surface area contributed by atoms with Gasteiger partial charge >= 0.3 is 0 Å². The first-order valence-electron chi connectivity index (χ1n) is 2.73. The number of thiazole rings is 1. The van der Waals surface area contributed by atoms with Gasteiger partial charge < -0.3 is 0 Å². The second-order valence-corrected chi connectivity index (χ2v) is 3.96. The third-order valence-corrected chi connectivity index (χ3v) is 2.65. The Morgan fingerprint density at radius 2 is 2.56 bits per heavy atom. The van der Waals surface area contributed by atoms with Crippen LogP contribution in [-0.4, -0.2) is 11.2 Å². The smallest absolute Gasteiger partial charge is 0.0897 e. The minimum absolute atomic E-state index is 1.10. The first kappa shape index (κ1) is 7.09. The van der Waals surface area contributed by atoms with Gasteiger partial charge in [0.05, 0.1) is 5.01 Å². The first-order valence-corrected chi connectivity index (χ1v) is 4.94. The highest BCUT2D eigenvalue weighted by Gasteiger charge is 1.94. The van der Waals surface area contributed by atoms with Crippen LogP contribution >= 0.6 is 23.1 Å². The predicted octanol–water partition coefficient (Wildman–Crippen LogP) is 2.31. The maximum absolute atomic E-state index is 4.14. The van der Waals surface area contributed by atoms with Crippen molar-refractivity contribution in [2.75, 3.05) is 6.26 Å². The lowest BCUT2D eigenvalue weighted by Crippen LogP contribution is -1.66. The maximum atomic E-state index is 4.14. The van der Waals surface area contributed by atoms with Crippen LogP contribution in [-0.2, 0) is 5.75 Å². The molecule has 1 nitrogen and oxygen atoms in total. The van der Waals surface area contributed by atoms with E-state index < -0.39 is 0 Å². The fraction of sp³-hybridized carbons (Fsp3) is 0.500. The Kier molecular flexibility index (Phi) is 2.54.